The maximum atomic E-state index is 11.3. The molecule has 0 saturated heterocycles. The number of carbonyl (C=O) groups is 1. The fourth-order valence-corrected chi connectivity index (χ4v) is 1.59. The van der Waals surface area contributed by atoms with Gasteiger partial charge in [0.25, 0.3) is 0 Å². The van der Waals surface area contributed by atoms with Crippen molar-refractivity contribution < 1.29 is 9.22 Å². The van der Waals surface area contributed by atoms with Gasteiger partial charge in [0.2, 0.25) is 10.5 Å². The van der Waals surface area contributed by atoms with Crippen LogP contribution < -0.4 is 0 Å². The van der Waals surface area contributed by atoms with E-state index in [4.69, 9.17) is 4.43 Å². The zero-order valence-corrected chi connectivity index (χ0v) is 10.4. The first-order chi connectivity index (χ1) is 5.71. The predicted octanol–water partition coefficient (Wildman–Crippen LogP) is 1.34. The molecule has 0 rings (SSSR count). The smallest absolute Gasteiger partial charge is 0.319 e. The Morgan fingerprint density at radius 1 is 1.17 bits per heavy atom. The highest BCUT2D eigenvalue weighted by atomic mass is 28.2. The fourth-order valence-electron chi connectivity index (χ4n) is 1.34. The van der Waals surface area contributed by atoms with Crippen molar-refractivity contribution in [1.82, 2.24) is 0 Å². The van der Waals surface area contributed by atoms with Gasteiger partial charge in [0.15, 0.2) is 0 Å². The Balaban J connectivity index is 4.68. The summed E-state index contributed by atoms with van der Waals surface area (Å²) in [7, 11) is 0.492. The van der Waals surface area contributed by atoms with Crippen LogP contribution in [0.15, 0.2) is 11.1 Å². The lowest BCUT2D eigenvalue weighted by molar-refractivity contribution is -0.130. The van der Waals surface area contributed by atoms with Gasteiger partial charge >= 0.3 is 5.97 Å². The summed E-state index contributed by atoms with van der Waals surface area (Å²) in [4.78, 5) is 11.3. The van der Waals surface area contributed by atoms with Crippen LogP contribution in [-0.2, 0) is 9.22 Å². The molecule has 0 aliphatic carbocycles. The Morgan fingerprint density at radius 3 is 1.92 bits per heavy atom. The van der Waals surface area contributed by atoms with E-state index in [1.54, 1.807) is 0 Å². The second kappa shape index (κ2) is 6.00. The largest absolute Gasteiger partial charge is 0.525 e. The van der Waals surface area contributed by atoms with E-state index in [9.17, 15) is 4.79 Å². The van der Waals surface area contributed by atoms with E-state index in [0.717, 1.165) is 24.8 Å². The SMILES string of the molecule is CCC(CC)=C(CC)C(=O)O[SiH3]. The molecule has 0 amide bonds. The third kappa shape index (κ3) is 2.81. The maximum absolute atomic E-state index is 11.3. The van der Waals surface area contributed by atoms with Gasteiger partial charge in [-0.15, -0.1) is 0 Å². The molecule has 0 aromatic rings. The molecule has 0 heterocycles. The van der Waals surface area contributed by atoms with Crippen molar-refractivity contribution in [3.8, 4) is 0 Å². The Kier molecular flexibility index (Phi) is 5.71. The molecular formula is C9H18O2Si. The number of carbonyl (C=O) groups excluding carboxylic acids is 1. The lowest BCUT2D eigenvalue weighted by Gasteiger charge is -2.08. The summed E-state index contributed by atoms with van der Waals surface area (Å²) < 4.78 is 4.83. The highest BCUT2D eigenvalue weighted by Crippen LogP contribution is 2.16. The minimum absolute atomic E-state index is 0.108. The van der Waals surface area contributed by atoms with Crippen LogP contribution in [0.25, 0.3) is 0 Å². The van der Waals surface area contributed by atoms with Crippen molar-refractivity contribution >= 4 is 16.5 Å². The standard InChI is InChI=1S/C9H18O2Si/c1-4-7(5-2)8(6-3)9(10)11-12/h4-6H2,1-3,12H3. The van der Waals surface area contributed by atoms with Crippen LogP contribution in [0.5, 0.6) is 0 Å². The molecule has 0 saturated carbocycles. The van der Waals surface area contributed by atoms with Gasteiger partial charge in [-0.2, -0.15) is 0 Å². The molecule has 0 aromatic heterocycles. The van der Waals surface area contributed by atoms with Gasteiger partial charge in [-0.1, -0.05) is 26.3 Å². The molecule has 0 N–H and O–H groups in total. The summed E-state index contributed by atoms with van der Waals surface area (Å²) >= 11 is 0. The van der Waals surface area contributed by atoms with Crippen LogP contribution in [0.4, 0.5) is 0 Å². The summed E-state index contributed by atoms with van der Waals surface area (Å²) in [5, 5.41) is 0. The Labute approximate surface area is 77.5 Å². The van der Waals surface area contributed by atoms with E-state index in [1.165, 1.54) is 5.57 Å². The first-order valence-corrected chi connectivity index (χ1v) is 5.31. The van der Waals surface area contributed by atoms with Crippen molar-refractivity contribution in [2.75, 3.05) is 0 Å². The molecule has 3 heteroatoms. The molecule has 0 radical (unpaired) electrons. The summed E-state index contributed by atoms with van der Waals surface area (Å²) in [6.45, 7) is 6.16. The van der Waals surface area contributed by atoms with E-state index in [2.05, 4.69) is 13.8 Å². The van der Waals surface area contributed by atoms with E-state index in [1.807, 2.05) is 6.92 Å². The Morgan fingerprint density at radius 2 is 1.67 bits per heavy atom. The first kappa shape index (κ1) is 11.4. The van der Waals surface area contributed by atoms with Crippen LogP contribution in [0.1, 0.15) is 40.0 Å². The quantitative estimate of drug-likeness (QED) is 0.489. The van der Waals surface area contributed by atoms with Gasteiger partial charge in [0.1, 0.15) is 0 Å². The molecule has 0 fully saturated rings. The van der Waals surface area contributed by atoms with Crippen molar-refractivity contribution in [3.63, 3.8) is 0 Å². The van der Waals surface area contributed by atoms with Gasteiger partial charge in [-0.3, -0.25) is 0 Å². The highest BCUT2D eigenvalue weighted by molar-refractivity contribution is 6.09. The molecule has 0 bridgehead atoms. The molecule has 0 spiro atoms. The van der Waals surface area contributed by atoms with Crippen LogP contribution >= 0.6 is 0 Å². The molecule has 0 aliphatic rings. The van der Waals surface area contributed by atoms with E-state index in [0.29, 0.717) is 10.5 Å². The average molecular weight is 186 g/mol. The fraction of sp³-hybridized carbons (Fsp3) is 0.667. The molecule has 12 heavy (non-hydrogen) atoms. The van der Waals surface area contributed by atoms with Crippen molar-refractivity contribution in [2.45, 2.75) is 40.0 Å². The van der Waals surface area contributed by atoms with E-state index < -0.39 is 0 Å². The average Bonchev–Trinajstić information content (AvgIpc) is 2.12. The highest BCUT2D eigenvalue weighted by Gasteiger charge is 2.10. The van der Waals surface area contributed by atoms with Gasteiger partial charge in [-0.25, -0.2) is 4.79 Å². The van der Waals surface area contributed by atoms with Gasteiger partial charge < -0.3 is 4.43 Å². The zero-order valence-electron chi connectivity index (χ0n) is 8.44. The number of allylic oxidation sites excluding steroid dienone is 1. The second-order valence-corrected chi connectivity index (χ2v) is 3.04. The third-order valence-corrected chi connectivity index (χ3v) is 2.44. The normalized spacial score (nSPS) is 9.58. The molecule has 70 valence electrons. The molecule has 2 nitrogen and oxygen atoms in total. The number of rotatable bonds is 4. The van der Waals surface area contributed by atoms with E-state index in [-0.39, 0.29) is 5.97 Å². The number of hydrogen-bond acceptors (Lipinski definition) is 2. The lowest BCUT2D eigenvalue weighted by Crippen LogP contribution is -2.07. The van der Waals surface area contributed by atoms with E-state index >= 15 is 0 Å². The maximum Gasteiger partial charge on any atom is 0.319 e. The van der Waals surface area contributed by atoms with Crippen molar-refractivity contribution in [2.24, 2.45) is 0 Å². The number of hydrogen-bond donors (Lipinski definition) is 0. The van der Waals surface area contributed by atoms with Crippen LogP contribution in [0.2, 0.25) is 0 Å². The molecule has 0 unspecified atom stereocenters. The second-order valence-electron chi connectivity index (χ2n) is 2.63. The summed E-state index contributed by atoms with van der Waals surface area (Å²) in [5.41, 5.74) is 2.12. The monoisotopic (exact) mass is 186 g/mol. The third-order valence-electron chi connectivity index (χ3n) is 2.07. The first-order valence-electron chi connectivity index (χ1n) is 4.50. The molecule has 0 atom stereocenters. The molecule has 0 aliphatic heterocycles. The van der Waals surface area contributed by atoms with Crippen molar-refractivity contribution in [1.29, 1.82) is 0 Å². The van der Waals surface area contributed by atoms with Gasteiger partial charge in [0.05, 0.1) is 0 Å². The van der Waals surface area contributed by atoms with Crippen molar-refractivity contribution in [3.05, 3.63) is 11.1 Å². The molecule has 0 aromatic carbocycles. The van der Waals surface area contributed by atoms with Crippen LogP contribution in [0, 0.1) is 0 Å². The summed E-state index contributed by atoms with van der Waals surface area (Å²) in [6, 6.07) is 0. The van der Waals surface area contributed by atoms with Gasteiger partial charge in [-0.05, 0) is 19.3 Å². The Bertz CT molecular complexity index is 179. The summed E-state index contributed by atoms with van der Waals surface area (Å²) in [5.74, 6) is -0.108. The minimum Gasteiger partial charge on any atom is -0.525 e. The zero-order chi connectivity index (χ0) is 9.56. The topological polar surface area (TPSA) is 26.3 Å². The Hall–Kier alpha value is -0.573. The van der Waals surface area contributed by atoms with Gasteiger partial charge in [0, 0.05) is 5.57 Å². The van der Waals surface area contributed by atoms with Crippen LogP contribution in [-0.4, -0.2) is 16.5 Å². The van der Waals surface area contributed by atoms with Crippen LogP contribution in [0.3, 0.4) is 0 Å². The lowest BCUT2D eigenvalue weighted by atomic mass is 10.0. The molecular weight excluding hydrogens is 168 g/mol. The summed E-state index contributed by atoms with van der Waals surface area (Å²) in [6.07, 6.45) is 2.70. The minimum atomic E-state index is -0.108. The predicted molar refractivity (Wildman–Crippen MR) is 53.9 cm³/mol.